The van der Waals surface area contributed by atoms with Gasteiger partial charge in [-0.1, -0.05) is 71.4 Å². The van der Waals surface area contributed by atoms with Gasteiger partial charge in [-0.05, 0) is 48.2 Å². The highest BCUT2D eigenvalue weighted by atomic mass is 35.5. The van der Waals surface area contributed by atoms with Crippen LogP contribution in [0.4, 0.5) is 5.95 Å². The number of aromatic hydroxyl groups is 1. The second kappa shape index (κ2) is 10.3. The maximum absolute atomic E-state index is 9.84. The third-order valence-corrected chi connectivity index (χ3v) is 6.48. The van der Waals surface area contributed by atoms with E-state index in [2.05, 4.69) is 43.0 Å². The van der Waals surface area contributed by atoms with Crippen LogP contribution in [0.5, 0.6) is 5.75 Å². The smallest absolute Gasteiger partial charge is 0.227 e. The van der Waals surface area contributed by atoms with Gasteiger partial charge in [0.15, 0.2) is 17.3 Å². The van der Waals surface area contributed by atoms with Crippen molar-refractivity contribution in [3.05, 3.63) is 101 Å². The standard InChI is InChI=1S/C28H26ClN5O2/c1-19-15-21(11-12-24(19)29)18-33(2)28-31-30-27(34(28)14-13-20-7-4-3-5-8-20)25-17-26(36-32-25)22-9-6-10-23(35)16-22/h3-12,15-17,35H,13-14,18H2,1-2H3. The summed E-state index contributed by atoms with van der Waals surface area (Å²) >= 11 is 6.22. The fraction of sp³-hybridized carbons (Fsp3) is 0.179. The van der Waals surface area contributed by atoms with Gasteiger partial charge in [-0.15, -0.1) is 10.2 Å². The lowest BCUT2D eigenvalue weighted by Crippen LogP contribution is -2.22. The molecular formula is C28H26ClN5O2. The Hall–Kier alpha value is -4.10. The van der Waals surface area contributed by atoms with Gasteiger partial charge >= 0.3 is 0 Å². The van der Waals surface area contributed by atoms with E-state index in [0.717, 1.165) is 34.1 Å². The zero-order valence-electron chi connectivity index (χ0n) is 20.1. The molecule has 0 saturated heterocycles. The molecule has 5 rings (SSSR count). The molecule has 3 aromatic carbocycles. The number of hydrogen-bond donors (Lipinski definition) is 1. The normalized spacial score (nSPS) is 11.1. The van der Waals surface area contributed by atoms with Crippen molar-refractivity contribution in [1.29, 1.82) is 0 Å². The molecule has 7 nitrogen and oxygen atoms in total. The highest BCUT2D eigenvalue weighted by Gasteiger charge is 2.21. The van der Waals surface area contributed by atoms with Gasteiger partial charge < -0.3 is 14.5 Å². The summed E-state index contributed by atoms with van der Waals surface area (Å²) in [6.07, 6.45) is 0.810. The molecule has 0 radical (unpaired) electrons. The fourth-order valence-electron chi connectivity index (χ4n) is 4.18. The summed E-state index contributed by atoms with van der Waals surface area (Å²) in [7, 11) is 2.00. The number of nitrogens with zero attached hydrogens (tertiary/aromatic N) is 5. The fourth-order valence-corrected chi connectivity index (χ4v) is 4.30. The van der Waals surface area contributed by atoms with E-state index in [-0.39, 0.29) is 5.75 Å². The first-order valence-electron chi connectivity index (χ1n) is 11.7. The average Bonchev–Trinajstić information content (AvgIpc) is 3.53. The zero-order chi connectivity index (χ0) is 25.1. The Bertz CT molecular complexity index is 1480. The summed E-state index contributed by atoms with van der Waals surface area (Å²) in [5, 5.41) is 23.9. The van der Waals surface area contributed by atoms with Crippen LogP contribution < -0.4 is 4.90 Å². The largest absolute Gasteiger partial charge is 0.508 e. The summed E-state index contributed by atoms with van der Waals surface area (Å²) < 4.78 is 7.67. The van der Waals surface area contributed by atoms with Crippen LogP contribution in [0.3, 0.4) is 0 Å². The van der Waals surface area contributed by atoms with Crippen LogP contribution in [0.1, 0.15) is 16.7 Å². The number of phenols is 1. The van der Waals surface area contributed by atoms with E-state index in [9.17, 15) is 5.11 Å². The van der Waals surface area contributed by atoms with E-state index in [4.69, 9.17) is 16.1 Å². The third-order valence-electron chi connectivity index (χ3n) is 6.05. The molecule has 0 aliphatic carbocycles. The Morgan fingerprint density at radius 2 is 1.78 bits per heavy atom. The molecule has 0 aliphatic rings. The van der Waals surface area contributed by atoms with Gasteiger partial charge in [0, 0.05) is 36.8 Å². The predicted octanol–water partition coefficient (Wildman–Crippen LogP) is 6.15. The first-order chi connectivity index (χ1) is 17.5. The highest BCUT2D eigenvalue weighted by Crippen LogP contribution is 2.29. The van der Waals surface area contributed by atoms with Crippen LogP contribution in [0.2, 0.25) is 5.02 Å². The molecular weight excluding hydrogens is 474 g/mol. The lowest BCUT2D eigenvalue weighted by Gasteiger charge is -2.20. The maximum Gasteiger partial charge on any atom is 0.227 e. The highest BCUT2D eigenvalue weighted by molar-refractivity contribution is 6.31. The Kier molecular flexibility index (Phi) is 6.73. The minimum absolute atomic E-state index is 0.165. The second-order valence-electron chi connectivity index (χ2n) is 8.78. The molecule has 1 N–H and O–H groups in total. The number of aromatic nitrogens is 4. The van der Waals surface area contributed by atoms with Gasteiger partial charge in [0.2, 0.25) is 5.95 Å². The Balaban J connectivity index is 1.47. The predicted molar refractivity (Wildman–Crippen MR) is 141 cm³/mol. The lowest BCUT2D eigenvalue weighted by molar-refractivity contribution is 0.433. The number of phenolic OH excluding ortho intramolecular Hbond substituents is 1. The minimum atomic E-state index is 0.165. The molecule has 0 atom stereocenters. The molecule has 36 heavy (non-hydrogen) atoms. The van der Waals surface area contributed by atoms with Gasteiger partial charge in [-0.2, -0.15) is 0 Å². The number of benzene rings is 3. The number of hydrogen-bond acceptors (Lipinski definition) is 6. The van der Waals surface area contributed by atoms with Gasteiger partial charge in [0.25, 0.3) is 0 Å². The van der Waals surface area contributed by atoms with Crippen molar-refractivity contribution in [3.8, 4) is 28.6 Å². The quantitative estimate of drug-likeness (QED) is 0.276. The number of halogens is 1. The average molecular weight is 500 g/mol. The monoisotopic (exact) mass is 499 g/mol. The number of anilines is 1. The van der Waals surface area contributed by atoms with Crippen molar-refractivity contribution in [2.24, 2.45) is 0 Å². The van der Waals surface area contributed by atoms with E-state index in [1.807, 2.05) is 56.4 Å². The first kappa shape index (κ1) is 23.6. The molecule has 182 valence electrons. The first-order valence-corrected chi connectivity index (χ1v) is 12.1. The van der Waals surface area contributed by atoms with Crippen LogP contribution in [-0.4, -0.2) is 32.1 Å². The minimum Gasteiger partial charge on any atom is -0.508 e. The number of rotatable bonds is 8. The van der Waals surface area contributed by atoms with Gasteiger partial charge in [0.1, 0.15) is 5.75 Å². The van der Waals surface area contributed by atoms with E-state index in [1.165, 1.54) is 5.56 Å². The summed E-state index contributed by atoms with van der Waals surface area (Å²) in [6, 6.07) is 25.0. The van der Waals surface area contributed by atoms with Crippen molar-refractivity contribution in [2.75, 3.05) is 11.9 Å². The summed E-state index contributed by atoms with van der Waals surface area (Å²) in [5.41, 5.74) is 4.71. The topological polar surface area (TPSA) is 80.2 Å². The molecule has 0 saturated carbocycles. The van der Waals surface area contributed by atoms with Gasteiger partial charge in [-0.3, -0.25) is 4.57 Å². The van der Waals surface area contributed by atoms with Crippen LogP contribution in [-0.2, 0) is 19.5 Å². The molecule has 8 heteroatoms. The van der Waals surface area contributed by atoms with Crippen molar-refractivity contribution < 1.29 is 9.63 Å². The van der Waals surface area contributed by atoms with E-state index < -0.39 is 0 Å². The molecule has 0 amide bonds. The van der Waals surface area contributed by atoms with E-state index >= 15 is 0 Å². The SMILES string of the molecule is Cc1cc(CN(C)c2nnc(-c3cc(-c4cccc(O)c4)on3)n2CCc2ccccc2)ccc1Cl. The van der Waals surface area contributed by atoms with Crippen molar-refractivity contribution in [2.45, 2.75) is 26.4 Å². The van der Waals surface area contributed by atoms with Crippen LogP contribution in [0.25, 0.3) is 22.8 Å². The molecule has 2 aromatic heterocycles. The summed E-state index contributed by atoms with van der Waals surface area (Å²) in [5.74, 6) is 2.06. The Morgan fingerprint density at radius 3 is 2.56 bits per heavy atom. The second-order valence-corrected chi connectivity index (χ2v) is 9.18. The van der Waals surface area contributed by atoms with Gasteiger partial charge in [-0.25, -0.2) is 0 Å². The molecule has 2 heterocycles. The molecule has 0 bridgehead atoms. The van der Waals surface area contributed by atoms with Crippen molar-refractivity contribution in [1.82, 2.24) is 19.9 Å². The molecule has 0 spiro atoms. The van der Waals surface area contributed by atoms with Crippen LogP contribution >= 0.6 is 11.6 Å². The van der Waals surface area contributed by atoms with E-state index in [1.54, 1.807) is 18.2 Å². The summed E-state index contributed by atoms with van der Waals surface area (Å²) in [6.45, 7) is 3.32. The van der Waals surface area contributed by atoms with E-state index in [0.29, 0.717) is 30.4 Å². The summed E-state index contributed by atoms with van der Waals surface area (Å²) in [4.78, 5) is 2.07. The van der Waals surface area contributed by atoms with Crippen LogP contribution in [0, 0.1) is 6.92 Å². The van der Waals surface area contributed by atoms with Crippen LogP contribution in [0.15, 0.2) is 83.4 Å². The maximum atomic E-state index is 9.84. The molecule has 0 unspecified atom stereocenters. The molecule has 0 aliphatic heterocycles. The van der Waals surface area contributed by atoms with Crippen molar-refractivity contribution in [3.63, 3.8) is 0 Å². The molecule has 0 fully saturated rings. The Morgan fingerprint density at radius 1 is 0.944 bits per heavy atom. The third kappa shape index (κ3) is 5.11. The lowest BCUT2D eigenvalue weighted by atomic mass is 10.1. The van der Waals surface area contributed by atoms with Gasteiger partial charge in [0.05, 0.1) is 0 Å². The van der Waals surface area contributed by atoms with Crippen molar-refractivity contribution >= 4 is 17.5 Å². The molecule has 5 aromatic rings. The zero-order valence-corrected chi connectivity index (χ0v) is 20.9. The number of aryl methyl sites for hydroxylation is 2. The Labute approximate surface area is 214 Å².